The molecular formula is C67H163Br4Cl4Li2N7O30S4. The normalized spacial score (nSPS) is 9.08. The van der Waals surface area contributed by atoms with Crippen molar-refractivity contribution in [2.24, 2.45) is 5.73 Å². The maximum Gasteiger partial charge on any atom is 1.00 e. The van der Waals surface area contributed by atoms with E-state index in [-0.39, 0.29) is 187 Å². The zero-order valence-corrected chi connectivity index (χ0v) is 82.9. The average molecular weight is 2150 g/mol. The number of methoxy groups -OCH3 is 7. The maximum atomic E-state index is 10.6. The van der Waals surface area contributed by atoms with Gasteiger partial charge in [-0.2, -0.15) is 25.3 Å². The summed E-state index contributed by atoms with van der Waals surface area (Å²) in [6.07, 6.45) is 6.28. The van der Waals surface area contributed by atoms with E-state index in [9.17, 15) is 58.8 Å². The third-order valence-corrected chi connectivity index (χ3v) is 12.6. The molecule has 0 aliphatic carbocycles. The van der Waals surface area contributed by atoms with E-state index in [1.54, 1.807) is 60.4 Å². The Morgan fingerprint density at radius 2 is 0.551 bits per heavy atom. The molecule has 37 nitrogen and oxygen atoms in total. The summed E-state index contributed by atoms with van der Waals surface area (Å²) in [5.41, 5.74) is 4.50. The molecule has 1 aliphatic rings. The molecule has 0 unspecified atom stereocenters. The molecule has 0 aromatic rings. The van der Waals surface area contributed by atoms with Gasteiger partial charge in [0.15, 0.2) is 7.05 Å². The van der Waals surface area contributed by atoms with Gasteiger partial charge < -0.3 is 101 Å². The van der Waals surface area contributed by atoms with Crippen LogP contribution < -0.4 is 60.4 Å². The largest absolute Gasteiger partial charge is 1.00 e. The first-order valence-corrected chi connectivity index (χ1v) is 44.7. The van der Waals surface area contributed by atoms with E-state index in [1.807, 2.05) is 30.9 Å². The molecule has 0 bridgehead atoms. The van der Waals surface area contributed by atoms with Crippen molar-refractivity contribution in [2.45, 2.75) is 145 Å². The number of epoxide rings is 1. The first-order valence-electron chi connectivity index (χ1n) is 32.0. The van der Waals surface area contributed by atoms with Crippen molar-refractivity contribution < 1.29 is 189 Å². The van der Waals surface area contributed by atoms with Gasteiger partial charge in [-0.05, 0) is 42.3 Å². The molecule has 728 valence electrons. The molecule has 0 atom stereocenters. The van der Waals surface area contributed by atoms with Crippen LogP contribution in [0, 0.1) is 10.1 Å². The van der Waals surface area contributed by atoms with Crippen molar-refractivity contribution in [3.05, 3.63) is 10.1 Å². The molecule has 1 heterocycles. The van der Waals surface area contributed by atoms with Crippen LogP contribution in [0.25, 0.3) is 0 Å². The number of carbonyl (C=O) groups excluding carboxylic acids is 7. The number of ether oxygens (including phenoxy) is 8. The Balaban J connectivity index is -0.0000000323. The van der Waals surface area contributed by atoms with Crippen molar-refractivity contribution in [2.75, 3.05) is 257 Å². The van der Waals surface area contributed by atoms with Gasteiger partial charge in [0, 0.05) is 164 Å². The number of aliphatic hydroxyl groups excluding tert-OH is 2. The van der Waals surface area contributed by atoms with Crippen LogP contribution in [-0.2, 0) is 124 Å². The molecule has 1 rings (SSSR count). The van der Waals surface area contributed by atoms with Crippen molar-refractivity contribution in [3.8, 4) is 0 Å². The number of hydrogen-bond acceptors (Lipinski definition) is 36. The summed E-state index contributed by atoms with van der Waals surface area (Å²) in [7, 11) is 18.9. The number of nitro groups is 1. The second kappa shape index (κ2) is 157. The van der Waals surface area contributed by atoms with E-state index in [2.05, 4.69) is 142 Å². The summed E-state index contributed by atoms with van der Waals surface area (Å²) in [5, 5.41) is 28.5. The molecule has 0 radical (unpaired) electrons. The number of nitrogens with zero attached hydrogens (tertiary/aromatic N) is 6. The van der Waals surface area contributed by atoms with Gasteiger partial charge >= 0.3 is 79.5 Å². The maximum absolute atomic E-state index is 10.6. The summed E-state index contributed by atoms with van der Waals surface area (Å²) in [5.74, 6) is 0.274. The Bertz CT molecular complexity index is 2020. The first kappa shape index (κ1) is 190. The van der Waals surface area contributed by atoms with Crippen LogP contribution >= 0.6 is 92.4 Å². The minimum atomic E-state index is -3.42. The Hall–Kier alpha value is -0.555. The zero-order chi connectivity index (χ0) is 87.9. The van der Waals surface area contributed by atoms with Crippen LogP contribution in [0.4, 0.5) is 0 Å². The van der Waals surface area contributed by atoms with Crippen molar-refractivity contribution >= 4 is 174 Å². The van der Waals surface area contributed by atoms with Crippen LogP contribution in [0.2, 0.25) is 0 Å². The topological polar surface area (TPSA) is 500 Å². The number of carbonyl (C=O) groups is 7. The van der Waals surface area contributed by atoms with Gasteiger partial charge in [0.05, 0.1) is 115 Å². The van der Waals surface area contributed by atoms with Gasteiger partial charge in [-0.1, -0.05) is 148 Å². The number of alkyl halides is 5. The summed E-state index contributed by atoms with van der Waals surface area (Å²) in [6.45, 7) is 22.6. The molecule has 0 amide bonds. The van der Waals surface area contributed by atoms with Crippen molar-refractivity contribution in [3.63, 3.8) is 0 Å². The van der Waals surface area contributed by atoms with Gasteiger partial charge in [-0.15, -0.1) is 23.2 Å². The summed E-state index contributed by atoms with van der Waals surface area (Å²) >= 11 is 20.9. The molecule has 0 spiro atoms. The minimum Gasteiger partial charge on any atom is -1.00 e. The molecule has 118 heavy (non-hydrogen) atoms. The quantitative estimate of drug-likeness (QED) is 0.00948. The molecule has 0 aromatic carbocycles. The van der Waals surface area contributed by atoms with E-state index in [1.165, 1.54) is 56.8 Å². The molecular weight excluding hydrogens is 1990 g/mol. The van der Waals surface area contributed by atoms with Crippen LogP contribution in [0.1, 0.15) is 145 Å². The molecule has 1 fully saturated rings. The second-order valence-electron chi connectivity index (χ2n) is 18.7. The number of nitrogens with two attached hydrogens (primary N) is 1. The number of halogens is 8. The molecule has 0 aromatic heterocycles. The fourth-order valence-electron chi connectivity index (χ4n) is 3.67. The Morgan fingerprint density at radius 1 is 0.424 bits per heavy atom. The van der Waals surface area contributed by atoms with Gasteiger partial charge in [0.2, 0.25) is 9.23 Å². The summed E-state index contributed by atoms with van der Waals surface area (Å²) in [4.78, 5) is 87.9. The van der Waals surface area contributed by atoms with E-state index >= 15 is 0 Å². The molecule has 0 saturated carbocycles. The number of likely N-dealkylation sites (N-methyl/N-ethyl adjacent to an activating group) is 3. The van der Waals surface area contributed by atoms with Crippen LogP contribution in [0.5, 0.6) is 0 Å². The molecule has 51 heteroatoms. The second-order valence-corrected chi connectivity index (χ2v) is 29.3. The van der Waals surface area contributed by atoms with E-state index < -0.39 is 44.5 Å². The fraction of sp³-hybridized carbons (Fsp3) is 0.896. The Kier molecular flexibility index (Phi) is 253. The number of rotatable bonds is 33. The minimum absolute atomic E-state index is 0. The van der Waals surface area contributed by atoms with Gasteiger partial charge in [0.25, 0.3) is 30.4 Å². The zero-order valence-electron chi connectivity index (χ0n) is 70.3. The van der Waals surface area contributed by atoms with Gasteiger partial charge in [-0.3, -0.25) is 56.2 Å². The third kappa shape index (κ3) is 305. The van der Waals surface area contributed by atoms with E-state index in [0.717, 1.165) is 87.7 Å². The molecule has 5 N–H and O–H groups in total. The van der Waals surface area contributed by atoms with Crippen LogP contribution in [0.3, 0.4) is 0 Å². The van der Waals surface area contributed by atoms with Crippen molar-refractivity contribution in [1.82, 2.24) is 24.5 Å². The van der Waals surface area contributed by atoms with E-state index in [4.69, 9.17) is 47.7 Å². The van der Waals surface area contributed by atoms with Gasteiger partial charge in [-0.25, -0.2) is 4.21 Å². The first-order chi connectivity index (χ1) is 49.6. The van der Waals surface area contributed by atoms with Gasteiger partial charge in [0.1, 0.15) is 0 Å². The molecule has 1 aliphatic heterocycles. The van der Waals surface area contributed by atoms with Crippen LogP contribution in [0.15, 0.2) is 0 Å². The summed E-state index contributed by atoms with van der Waals surface area (Å²) in [6, 6.07) is 0. The monoisotopic (exact) mass is 2140 g/mol. The van der Waals surface area contributed by atoms with E-state index in [0.29, 0.717) is 89.4 Å². The predicted octanol–water partition coefficient (Wildman–Crippen LogP) is 0.967. The smallest absolute Gasteiger partial charge is 1.00 e. The number of hydrogen-bond donors (Lipinski definition) is 3. The fourth-order valence-corrected chi connectivity index (χ4v) is 7.19. The number of esters is 7. The standard InChI is InChI=1S/C7H17NO6S2.C6H14BrNO3S.C5H11Br2N.C5H11Cl2N.C5H13NO2.7C4H8O2.C2H4O.CH3NO2.CH5N.7CH4.BrH.Cl2OS.2Li.H2O/c1-8(4-6-13-15(2,9)10)5-7-14-16(3,11)12;1-8(4-3-7)5-6-11-12(2,9)10;2*1-8(4-2-6)5-3-7;1-6(2-4-7)3-5-8;7*1-3-4(5)6-2;1-2-3-1;1-2(3)4;1-2;;;;;;;;;1-4(2)3;;;/h4-7H2,1-3H3;3-6H2,1-2H3;2*2-5H2,1H3;7-8H,2-5H2,1H3;7*3H2,1-2H3;1-2H2;1H3;2H2,1H3;7*1H4;1H;;;;1H2/q;;;;;;;;;;;;;;;;;;;;;;;;2*+1;/p-2. The SMILES string of the molecule is C.C.C.C.C.C.C.C1CO1.CCC(=O)OC.CCC(=O)OC.CCC(=O)OC.CCC(=O)OC.CCC(=O)OC.CCC(=O)OC.CCC(=O)OC.CN.CN(CCBr)CCBr.CN(CCBr)CCOS(C)(=O)=O.CN(CCCl)CCCl.CN(CCO)CCO.CN(CCOS(C)(=O)=O)CCOS(C)(=O)=O.C[N+](=O)[O-].O=S(Cl)Cl.[Br-].[Li+].[Li+].[OH-]. The Morgan fingerprint density at radius 3 is 0.644 bits per heavy atom. The molecule has 1 saturated heterocycles. The number of aliphatic hydroxyl groups is 2. The van der Waals surface area contributed by atoms with Crippen molar-refractivity contribution in [1.29, 1.82) is 0 Å². The predicted molar refractivity (Wildman–Crippen MR) is 486 cm³/mol. The average Bonchev–Trinajstić information content (AvgIpc) is 1.07. The van der Waals surface area contributed by atoms with Crippen LogP contribution in [-0.4, -0.2) is 374 Å². The summed E-state index contributed by atoms with van der Waals surface area (Å²) < 4.78 is 121. The third-order valence-electron chi connectivity index (χ3n) is 9.42. The Labute approximate surface area is 798 Å².